The first-order valence-electron chi connectivity index (χ1n) is 5.90. The summed E-state index contributed by atoms with van der Waals surface area (Å²) in [6, 6.07) is 7.72. The number of nitrogens with one attached hydrogen (secondary N) is 2. The lowest BCUT2D eigenvalue weighted by Gasteiger charge is -2.09. The maximum absolute atomic E-state index is 13.7. The van der Waals surface area contributed by atoms with Crippen LogP contribution >= 0.6 is 11.8 Å². The van der Waals surface area contributed by atoms with Crippen molar-refractivity contribution in [1.29, 1.82) is 0 Å². The van der Waals surface area contributed by atoms with Crippen molar-refractivity contribution in [2.45, 2.75) is 11.8 Å². The molecule has 0 amide bonds. The van der Waals surface area contributed by atoms with Crippen LogP contribution in [0.5, 0.6) is 0 Å². The van der Waals surface area contributed by atoms with E-state index in [1.54, 1.807) is 11.8 Å². The lowest BCUT2D eigenvalue weighted by atomic mass is 10.3. The largest absolute Gasteiger partial charge is 0.354 e. The van der Waals surface area contributed by atoms with Crippen molar-refractivity contribution in [1.82, 2.24) is 9.97 Å². The molecule has 2 rings (SSSR count). The predicted molar refractivity (Wildman–Crippen MR) is 77.7 cm³/mol. The summed E-state index contributed by atoms with van der Waals surface area (Å²) in [5.41, 5.74) is 0.798. The fourth-order valence-corrected chi connectivity index (χ4v) is 2.00. The summed E-state index contributed by atoms with van der Waals surface area (Å²) in [7, 11) is 0. The van der Waals surface area contributed by atoms with E-state index >= 15 is 0 Å². The maximum atomic E-state index is 13.7. The van der Waals surface area contributed by atoms with Crippen LogP contribution in [0, 0.1) is 5.82 Å². The topological polar surface area (TPSA) is 49.8 Å². The highest BCUT2D eigenvalue weighted by Gasteiger charge is 2.07. The average molecular weight is 278 g/mol. The van der Waals surface area contributed by atoms with Gasteiger partial charge in [-0.1, -0.05) is 6.07 Å². The standard InChI is InChI=1S/C13H15FN4S/c1-3-15-13-16-8-11(14)12(18-13)17-9-5-4-6-10(7-9)19-2/h4-8H,3H2,1-2H3,(H2,15,16,17,18). The Labute approximate surface area is 115 Å². The van der Waals surface area contributed by atoms with Crippen LogP contribution in [0.1, 0.15) is 6.92 Å². The summed E-state index contributed by atoms with van der Waals surface area (Å²) in [6.45, 7) is 2.62. The van der Waals surface area contributed by atoms with E-state index in [9.17, 15) is 4.39 Å². The second-order valence-corrected chi connectivity index (χ2v) is 4.66. The first-order valence-corrected chi connectivity index (χ1v) is 7.13. The molecule has 0 aliphatic heterocycles. The third-order valence-electron chi connectivity index (χ3n) is 2.41. The van der Waals surface area contributed by atoms with Gasteiger partial charge in [0.05, 0.1) is 6.20 Å². The van der Waals surface area contributed by atoms with Gasteiger partial charge in [0.2, 0.25) is 5.95 Å². The molecule has 1 aromatic heterocycles. The lowest BCUT2D eigenvalue weighted by Crippen LogP contribution is -2.05. The molecule has 4 nitrogen and oxygen atoms in total. The highest BCUT2D eigenvalue weighted by Crippen LogP contribution is 2.23. The Morgan fingerprint density at radius 3 is 2.95 bits per heavy atom. The van der Waals surface area contributed by atoms with Gasteiger partial charge in [-0.05, 0) is 31.4 Å². The van der Waals surface area contributed by atoms with E-state index in [-0.39, 0.29) is 5.82 Å². The molecule has 0 fully saturated rings. The molecule has 19 heavy (non-hydrogen) atoms. The maximum Gasteiger partial charge on any atom is 0.224 e. The summed E-state index contributed by atoms with van der Waals surface area (Å²) in [5.74, 6) is 0.104. The molecule has 0 unspecified atom stereocenters. The summed E-state index contributed by atoms with van der Waals surface area (Å²) in [4.78, 5) is 9.06. The van der Waals surface area contributed by atoms with Crippen molar-refractivity contribution in [2.75, 3.05) is 23.4 Å². The van der Waals surface area contributed by atoms with Gasteiger partial charge in [-0.2, -0.15) is 4.98 Å². The van der Waals surface area contributed by atoms with Gasteiger partial charge in [0.25, 0.3) is 0 Å². The summed E-state index contributed by atoms with van der Waals surface area (Å²) in [5, 5.41) is 5.92. The molecule has 2 N–H and O–H groups in total. The van der Waals surface area contributed by atoms with Crippen molar-refractivity contribution in [3.63, 3.8) is 0 Å². The Kier molecular flexibility index (Phi) is 4.57. The van der Waals surface area contributed by atoms with Crippen LogP contribution in [-0.4, -0.2) is 22.8 Å². The fourth-order valence-electron chi connectivity index (χ4n) is 1.54. The SMILES string of the molecule is CCNc1ncc(F)c(Nc2cccc(SC)c2)n1. The Hall–Kier alpha value is -1.82. The number of nitrogens with zero attached hydrogens (tertiary/aromatic N) is 2. The second-order valence-electron chi connectivity index (χ2n) is 3.78. The molecule has 0 radical (unpaired) electrons. The number of hydrogen-bond acceptors (Lipinski definition) is 5. The Bertz CT molecular complexity index is 562. The van der Waals surface area contributed by atoms with E-state index in [4.69, 9.17) is 0 Å². The molecule has 6 heteroatoms. The molecule has 0 saturated carbocycles. The number of aromatic nitrogens is 2. The van der Waals surface area contributed by atoms with Crippen LogP contribution in [0.15, 0.2) is 35.4 Å². The van der Waals surface area contributed by atoms with Crippen LogP contribution < -0.4 is 10.6 Å². The zero-order valence-electron chi connectivity index (χ0n) is 10.8. The van der Waals surface area contributed by atoms with Crippen molar-refractivity contribution < 1.29 is 4.39 Å². The molecule has 0 atom stereocenters. The van der Waals surface area contributed by atoms with Crippen LogP contribution in [0.25, 0.3) is 0 Å². The minimum Gasteiger partial charge on any atom is -0.354 e. The molecule has 1 aromatic carbocycles. The highest BCUT2D eigenvalue weighted by atomic mass is 32.2. The first kappa shape index (κ1) is 13.6. The molecule has 100 valence electrons. The minimum absolute atomic E-state index is 0.171. The summed E-state index contributed by atoms with van der Waals surface area (Å²) in [6.07, 6.45) is 3.15. The van der Waals surface area contributed by atoms with Gasteiger partial charge in [0.15, 0.2) is 11.6 Å². The normalized spacial score (nSPS) is 10.3. The van der Waals surface area contributed by atoms with Gasteiger partial charge in [0.1, 0.15) is 0 Å². The van der Waals surface area contributed by atoms with Gasteiger partial charge in [-0.15, -0.1) is 11.8 Å². The molecule has 0 spiro atoms. The fraction of sp³-hybridized carbons (Fsp3) is 0.231. The van der Waals surface area contributed by atoms with Crippen molar-refractivity contribution in [3.05, 3.63) is 36.3 Å². The van der Waals surface area contributed by atoms with Crippen molar-refractivity contribution in [3.8, 4) is 0 Å². The van der Waals surface area contributed by atoms with Crippen LogP contribution in [0.3, 0.4) is 0 Å². The Morgan fingerprint density at radius 2 is 2.21 bits per heavy atom. The van der Waals surface area contributed by atoms with E-state index in [1.807, 2.05) is 37.4 Å². The number of thioether (sulfide) groups is 1. The van der Waals surface area contributed by atoms with Gasteiger partial charge >= 0.3 is 0 Å². The minimum atomic E-state index is -0.476. The molecule has 0 aliphatic rings. The number of hydrogen-bond donors (Lipinski definition) is 2. The molecular formula is C13H15FN4S. The summed E-state index contributed by atoms with van der Waals surface area (Å²) >= 11 is 1.63. The molecule has 1 heterocycles. The van der Waals surface area contributed by atoms with Crippen LogP contribution in [-0.2, 0) is 0 Å². The zero-order valence-corrected chi connectivity index (χ0v) is 11.6. The van der Waals surface area contributed by atoms with Crippen LogP contribution in [0.2, 0.25) is 0 Å². The molecule has 0 bridgehead atoms. The van der Waals surface area contributed by atoms with Crippen LogP contribution in [0.4, 0.5) is 21.8 Å². The first-order chi connectivity index (χ1) is 9.22. The number of halogens is 1. The third kappa shape index (κ3) is 3.57. The number of anilines is 3. The smallest absolute Gasteiger partial charge is 0.224 e. The monoisotopic (exact) mass is 278 g/mol. The third-order valence-corrected chi connectivity index (χ3v) is 3.14. The quantitative estimate of drug-likeness (QED) is 0.820. The molecule has 2 aromatic rings. The number of benzene rings is 1. The van der Waals surface area contributed by atoms with E-state index in [0.717, 1.165) is 16.8 Å². The van der Waals surface area contributed by atoms with E-state index in [1.165, 1.54) is 0 Å². The second kappa shape index (κ2) is 6.38. The van der Waals surface area contributed by atoms with E-state index in [0.29, 0.717) is 12.5 Å². The summed E-state index contributed by atoms with van der Waals surface area (Å²) < 4.78 is 13.7. The van der Waals surface area contributed by atoms with Crippen molar-refractivity contribution in [2.24, 2.45) is 0 Å². The Morgan fingerprint density at radius 1 is 1.37 bits per heavy atom. The predicted octanol–water partition coefficient (Wildman–Crippen LogP) is 3.51. The highest BCUT2D eigenvalue weighted by molar-refractivity contribution is 7.98. The lowest BCUT2D eigenvalue weighted by molar-refractivity contribution is 0.619. The van der Waals surface area contributed by atoms with Gasteiger partial charge < -0.3 is 10.6 Å². The average Bonchev–Trinajstić information content (AvgIpc) is 2.43. The Balaban J connectivity index is 2.23. The zero-order chi connectivity index (χ0) is 13.7. The van der Waals surface area contributed by atoms with Crippen molar-refractivity contribution >= 4 is 29.2 Å². The number of rotatable bonds is 5. The molecular weight excluding hydrogens is 263 g/mol. The van der Waals surface area contributed by atoms with Gasteiger partial charge in [-0.3, -0.25) is 0 Å². The van der Waals surface area contributed by atoms with Gasteiger partial charge in [-0.25, -0.2) is 9.37 Å². The van der Waals surface area contributed by atoms with E-state index in [2.05, 4.69) is 20.6 Å². The molecule has 0 aliphatic carbocycles. The molecule has 0 saturated heterocycles. The van der Waals surface area contributed by atoms with Gasteiger partial charge in [0, 0.05) is 17.1 Å². The van der Waals surface area contributed by atoms with E-state index < -0.39 is 5.82 Å².